The molecule has 1 amide bonds. The van der Waals surface area contributed by atoms with Crippen molar-refractivity contribution in [2.45, 2.75) is 43.5 Å². The second-order valence-electron chi connectivity index (χ2n) is 7.50. The first kappa shape index (κ1) is 21.1. The maximum Gasteiger partial charge on any atom is 0.243 e. The fourth-order valence-electron chi connectivity index (χ4n) is 3.20. The summed E-state index contributed by atoms with van der Waals surface area (Å²) in [5, 5.41) is 2.92. The second kappa shape index (κ2) is 8.67. The average molecular weight is 389 g/mol. The van der Waals surface area contributed by atoms with Gasteiger partial charge in [-0.1, -0.05) is 62.4 Å². The van der Waals surface area contributed by atoms with Crippen LogP contribution in [0, 0.1) is 0 Å². The molecule has 27 heavy (non-hydrogen) atoms. The number of amides is 1. The molecule has 0 saturated heterocycles. The SMILES string of the molecule is C[C@H](CC(C)(C)c1ccccc1)NC(=O)CN(C)S(=O)(=O)c1ccccc1. The van der Waals surface area contributed by atoms with E-state index in [1.165, 1.54) is 24.7 Å². The van der Waals surface area contributed by atoms with Gasteiger partial charge < -0.3 is 5.32 Å². The first-order valence-electron chi connectivity index (χ1n) is 8.99. The van der Waals surface area contributed by atoms with Gasteiger partial charge in [-0.2, -0.15) is 4.31 Å². The van der Waals surface area contributed by atoms with Crippen molar-refractivity contribution in [1.82, 2.24) is 9.62 Å². The van der Waals surface area contributed by atoms with Gasteiger partial charge in [0.1, 0.15) is 0 Å². The summed E-state index contributed by atoms with van der Waals surface area (Å²) >= 11 is 0. The molecule has 0 bridgehead atoms. The van der Waals surface area contributed by atoms with Gasteiger partial charge in [0.15, 0.2) is 0 Å². The summed E-state index contributed by atoms with van der Waals surface area (Å²) in [5.41, 5.74) is 1.10. The summed E-state index contributed by atoms with van der Waals surface area (Å²) in [5.74, 6) is -0.312. The Labute approximate surface area is 162 Å². The first-order valence-corrected chi connectivity index (χ1v) is 10.4. The Morgan fingerprint density at radius 3 is 2.11 bits per heavy atom. The van der Waals surface area contributed by atoms with Crippen LogP contribution >= 0.6 is 0 Å². The number of likely N-dealkylation sites (N-methyl/N-ethyl adjacent to an activating group) is 1. The molecule has 0 spiro atoms. The van der Waals surface area contributed by atoms with Crippen molar-refractivity contribution in [2.75, 3.05) is 13.6 Å². The molecule has 0 saturated carbocycles. The molecule has 2 aromatic carbocycles. The van der Waals surface area contributed by atoms with Crippen LogP contribution in [0.4, 0.5) is 0 Å². The van der Waals surface area contributed by atoms with Crippen LogP contribution in [0.5, 0.6) is 0 Å². The van der Waals surface area contributed by atoms with E-state index in [0.717, 1.165) is 10.7 Å². The van der Waals surface area contributed by atoms with Crippen LogP contribution in [0.1, 0.15) is 32.8 Å². The summed E-state index contributed by atoms with van der Waals surface area (Å²) < 4.78 is 26.1. The zero-order valence-corrected chi connectivity index (χ0v) is 17.2. The van der Waals surface area contributed by atoms with Crippen molar-refractivity contribution >= 4 is 15.9 Å². The number of nitrogens with zero attached hydrogens (tertiary/aromatic N) is 1. The molecule has 0 aromatic heterocycles. The highest BCUT2D eigenvalue weighted by Gasteiger charge is 2.26. The smallest absolute Gasteiger partial charge is 0.243 e. The molecule has 0 fully saturated rings. The largest absolute Gasteiger partial charge is 0.352 e. The van der Waals surface area contributed by atoms with Gasteiger partial charge in [-0.25, -0.2) is 8.42 Å². The van der Waals surface area contributed by atoms with Crippen molar-refractivity contribution in [2.24, 2.45) is 0 Å². The van der Waals surface area contributed by atoms with E-state index in [4.69, 9.17) is 0 Å². The van der Waals surface area contributed by atoms with Crippen molar-refractivity contribution in [1.29, 1.82) is 0 Å². The Balaban J connectivity index is 1.95. The third-order valence-electron chi connectivity index (χ3n) is 4.60. The van der Waals surface area contributed by atoms with Crippen LogP contribution in [-0.4, -0.2) is 38.3 Å². The number of carbonyl (C=O) groups excluding carboxylic acids is 1. The molecule has 0 aliphatic carbocycles. The topological polar surface area (TPSA) is 66.5 Å². The predicted molar refractivity (Wildman–Crippen MR) is 108 cm³/mol. The lowest BCUT2D eigenvalue weighted by Crippen LogP contribution is -2.43. The van der Waals surface area contributed by atoms with Gasteiger partial charge in [-0.3, -0.25) is 4.79 Å². The van der Waals surface area contributed by atoms with E-state index in [9.17, 15) is 13.2 Å². The van der Waals surface area contributed by atoms with Gasteiger partial charge in [-0.15, -0.1) is 0 Å². The monoisotopic (exact) mass is 388 g/mol. The van der Waals surface area contributed by atoms with Crippen LogP contribution in [-0.2, 0) is 20.2 Å². The lowest BCUT2D eigenvalue weighted by atomic mass is 9.79. The van der Waals surface area contributed by atoms with E-state index in [-0.39, 0.29) is 28.8 Å². The number of hydrogen-bond acceptors (Lipinski definition) is 3. The minimum atomic E-state index is -3.68. The van der Waals surface area contributed by atoms with Crippen molar-refractivity contribution < 1.29 is 13.2 Å². The number of hydrogen-bond donors (Lipinski definition) is 1. The highest BCUT2D eigenvalue weighted by molar-refractivity contribution is 7.89. The van der Waals surface area contributed by atoms with Gasteiger partial charge in [-0.05, 0) is 36.5 Å². The highest BCUT2D eigenvalue weighted by Crippen LogP contribution is 2.28. The molecule has 0 heterocycles. The maximum absolute atomic E-state index is 12.5. The molecule has 1 N–H and O–H groups in total. The Bertz CT molecular complexity index is 850. The van der Waals surface area contributed by atoms with Crippen LogP contribution in [0.15, 0.2) is 65.6 Å². The van der Waals surface area contributed by atoms with Crippen molar-refractivity contribution in [3.63, 3.8) is 0 Å². The molecule has 0 radical (unpaired) electrons. The molecule has 0 aliphatic rings. The third-order valence-corrected chi connectivity index (χ3v) is 6.41. The Morgan fingerprint density at radius 1 is 1.04 bits per heavy atom. The first-order chi connectivity index (χ1) is 12.6. The fourth-order valence-corrected chi connectivity index (χ4v) is 4.35. The molecule has 1 atom stereocenters. The fraction of sp³-hybridized carbons (Fsp3) is 0.381. The quantitative estimate of drug-likeness (QED) is 0.755. The van der Waals surface area contributed by atoms with Crippen LogP contribution < -0.4 is 5.32 Å². The van der Waals surface area contributed by atoms with Gasteiger partial charge >= 0.3 is 0 Å². The number of benzene rings is 2. The molecular weight excluding hydrogens is 360 g/mol. The average Bonchev–Trinajstić information content (AvgIpc) is 2.62. The second-order valence-corrected chi connectivity index (χ2v) is 9.54. The number of rotatable bonds is 8. The normalized spacial score (nSPS) is 13.4. The lowest BCUT2D eigenvalue weighted by molar-refractivity contribution is -0.121. The molecule has 146 valence electrons. The van der Waals surface area contributed by atoms with E-state index >= 15 is 0 Å². The summed E-state index contributed by atoms with van der Waals surface area (Å²) in [6.45, 7) is 6.00. The molecule has 0 aliphatic heterocycles. The van der Waals surface area contributed by atoms with E-state index in [1.807, 2.05) is 25.1 Å². The third kappa shape index (κ3) is 5.65. The van der Waals surface area contributed by atoms with Crippen molar-refractivity contribution in [3.05, 3.63) is 66.2 Å². The Hall–Kier alpha value is -2.18. The number of carbonyl (C=O) groups is 1. The highest BCUT2D eigenvalue weighted by atomic mass is 32.2. The van der Waals surface area contributed by atoms with Crippen LogP contribution in [0.25, 0.3) is 0 Å². The van der Waals surface area contributed by atoms with Crippen LogP contribution in [0.3, 0.4) is 0 Å². The molecule has 2 aromatic rings. The molecular formula is C21H28N2O3S. The van der Waals surface area contributed by atoms with E-state index in [2.05, 4.69) is 31.3 Å². The van der Waals surface area contributed by atoms with E-state index < -0.39 is 10.0 Å². The summed E-state index contributed by atoms with van der Waals surface area (Å²) in [6, 6.07) is 18.2. The van der Waals surface area contributed by atoms with Gasteiger partial charge in [0.25, 0.3) is 0 Å². The minimum Gasteiger partial charge on any atom is -0.352 e. The Morgan fingerprint density at radius 2 is 1.56 bits per heavy atom. The lowest BCUT2D eigenvalue weighted by Gasteiger charge is -2.29. The molecule has 0 unspecified atom stereocenters. The Kier molecular flexibility index (Phi) is 6.78. The van der Waals surface area contributed by atoms with Crippen molar-refractivity contribution in [3.8, 4) is 0 Å². The zero-order chi connectivity index (χ0) is 20.1. The number of nitrogens with one attached hydrogen (secondary N) is 1. The van der Waals surface area contributed by atoms with Gasteiger partial charge in [0.2, 0.25) is 15.9 Å². The van der Waals surface area contributed by atoms with E-state index in [0.29, 0.717) is 0 Å². The van der Waals surface area contributed by atoms with Gasteiger partial charge in [0.05, 0.1) is 11.4 Å². The predicted octanol–water partition coefficient (Wildman–Crippen LogP) is 3.18. The summed E-state index contributed by atoms with van der Waals surface area (Å²) in [4.78, 5) is 12.5. The summed E-state index contributed by atoms with van der Waals surface area (Å²) in [7, 11) is -2.26. The van der Waals surface area contributed by atoms with Gasteiger partial charge in [0, 0.05) is 13.1 Å². The van der Waals surface area contributed by atoms with E-state index in [1.54, 1.807) is 18.2 Å². The maximum atomic E-state index is 12.5. The number of sulfonamides is 1. The standard InChI is InChI=1S/C21H28N2O3S/c1-17(15-21(2,3)18-11-7-5-8-12-18)22-20(24)16-23(4)27(25,26)19-13-9-6-10-14-19/h5-14,17H,15-16H2,1-4H3,(H,22,24)/t17-/m1/s1. The summed E-state index contributed by atoms with van der Waals surface area (Å²) in [6.07, 6.45) is 0.748. The molecule has 5 nitrogen and oxygen atoms in total. The molecule has 2 rings (SSSR count). The molecule has 6 heteroatoms. The van der Waals surface area contributed by atoms with Crippen LogP contribution in [0.2, 0.25) is 0 Å². The zero-order valence-electron chi connectivity index (χ0n) is 16.3. The minimum absolute atomic E-state index is 0.0828.